The molecule has 1 aliphatic carbocycles. The highest BCUT2D eigenvalue weighted by Crippen LogP contribution is 2.30. The first-order valence-corrected chi connectivity index (χ1v) is 8.59. The predicted molar refractivity (Wildman–Crippen MR) is 102 cm³/mol. The summed E-state index contributed by atoms with van der Waals surface area (Å²) in [7, 11) is 0. The third kappa shape index (κ3) is 3.64. The molecular formula is C19H18N6O2. The molecule has 27 heavy (non-hydrogen) atoms. The molecule has 3 aromatic heterocycles. The van der Waals surface area contributed by atoms with E-state index in [1.807, 2.05) is 35.2 Å². The van der Waals surface area contributed by atoms with Crippen LogP contribution >= 0.6 is 0 Å². The number of carbonyl (C=O) groups is 1. The van der Waals surface area contributed by atoms with Crippen molar-refractivity contribution in [2.75, 3.05) is 11.9 Å². The Kier molecular flexibility index (Phi) is 4.52. The van der Waals surface area contributed by atoms with Crippen LogP contribution in [0.3, 0.4) is 0 Å². The van der Waals surface area contributed by atoms with Crippen molar-refractivity contribution in [3.63, 3.8) is 0 Å². The number of aryl methyl sites for hydroxylation is 1. The summed E-state index contributed by atoms with van der Waals surface area (Å²) < 4.78 is 3.75. The standard InChI is InChI=1S/C19H18N6O2/c26-14-5-6-15(17(27)12-14)22-18-16-4-1-2-10-25(16)23-19(18)21-7-3-9-24-11-8-20-13-24/h1-2,4-6,8,10-13,27H,3,7,9H2,(H,21,23)/b22-15+. The number of fused-ring (bicyclic) bond motifs is 1. The molecule has 8 heteroatoms. The van der Waals surface area contributed by atoms with Crippen LogP contribution in [0.5, 0.6) is 0 Å². The van der Waals surface area contributed by atoms with Gasteiger partial charge in [0.2, 0.25) is 0 Å². The Morgan fingerprint density at radius 2 is 2.15 bits per heavy atom. The summed E-state index contributed by atoms with van der Waals surface area (Å²) in [4.78, 5) is 19.9. The van der Waals surface area contributed by atoms with Crippen molar-refractivity contribution in [1.82, 2.24) is 19.2 Å². The number of aliphatic hydroxyl groups excluding tert-OH is 1. The molecule has 0 bridgehead atoms. The summed E-state index contributed by atoms with van der Waals surface area (Å²) in [6, 6.07) is 5.69. The van der Waals surface area contributed by atoms with Gasteiger partial charge in [0.1, 0.15) is 17.2 Å². The molecule has 0 amide bonds. The van der Waals surface area contributed by atoms with Gasteiger partial charge < -0.3 is 15.0 Å². The highest BCUT2D eigenvalue weighted by atomic mass is 16.3. The summed E-state index contributed by atoms with van der Waals surface area (Å²) >= 11 is 0. The summed E-state index contributed by atoms with van der Waals surface area (Å²) in [5.41, 5.74) is 1.75. The van der Waals surface area contributed by atoms with Gasteiger partial charge in [0, 0.05) is 37.8 Å². The van der Waals surface area contributed by atoms with Crippen LogP contribution in [0.2, 0.25) is 0 Å². The van der Waals surface area contributed by atoms with Crippen LogP contribution in [0.15, 0.2) is 72.1 Å². The third-order valence-corrected chi connectivity index (χ3v) is 4.14. The normalized spacial score (nSPS) is 15.5. The summed E-state index contributed by atoms with van der Waals surface area (Å²) in [6.07, 6.45) is 12.2. The molecule has 3 heterocycles. The lowest BCUT2D eigenvalue weighted by molar-refractivity contribution is -0.110. The average molecular weight is 362 g/mol. The fourth-order valence-corrected chi connectivity index (χ4v) is 2.82. The molecule has 1 aliphatic rings. The maximum atomic E-state index is 11.4. The van der Waals surface area contributed by atoms with Crippen LogP contribution in [0.1, 0.15) is 6.42 Å². The summed E-state index contributed by atoms with van der Waals surface area (Å²) in [5, 5.41) is 17.9. The van der Waals surface area contributed by atoms with Crippen LogP contribution in [-0.4, -0.2) is 42.3 Å². The molecule has 8 nitrogen and oxygen atoms in total. The van der Waals surface area contributed by atoms with Gasteiger partial charge in [0.15, 0.2) is 11.6 Å². The number of ketones is 1. The Morgan fingerprint density at radius 3 is 2.96 bits per heavy atom. The average Bonchev–Trinajstić information content (AvgIpc) is 3.29. The minimum Gasteiger partial charge on any atom is -0.506 e. The molecule has 0 saturated heterocycles. The summed E-state index contributed by atoms with van der Waals surface area (Å²) in [5.74, 6) is 0.213. The molecule has 0 saturated carbocycles. The van der Waals surface area contributed by atoms with Crippen molar-refractivity contribution in [3.05, 3.63) is 67.1 Å². The highest BCUT2D eigenvalue weighted by molar-refractivity contribution is 6.19. The largest absolute Gasteiger partial charge is 0.506 e. The zero-order chi connectivity index (χ0) is 18.6. The van der Waals surface area contributed by atoms with Crippen molar-refractivity contribution in [3.8, 4) is 0 Å². The van der Waals surface area contributed by atoms with Crippen LogP contribution in [0.4, 0.5) is 11.5 Å². The van der Waals surface area contributed by atoms with Gasteiger partial charge in [-0.25, -0.2) is 14.5 Å². The molecule has 0 spiro atoms. The molecule has 0 radical (unpaired) electrons. The number of rotatable bonds is 6. The van der Waals surface area contributed by atoms with E-state index in [9.17, 15) is 9.90 Å². The fraction of sp³-hybridized carbons (Fsp3) is 0.158. The van der Waals surface area contributed by atoms with Crippen molar-refractivity contribution < 1.29 is 9.90 Å². The lowest BCUT2D eigenvalue weighted by Gasteiger charge is -2.07. The number of nitrogens with zero attached hydrogens (tertiary/aromatic N) is 5. The van der Waals surface area contributed by atoms with Crippen molar-refractivity contribution in [1.29, 1.82) is 0 Å². The predicted octanol–water partition coefficient (Wildman–Crippen LogP) is 2.69. The molecule has 0 fully saturated rings. The van der Waals surface area contributed by atoms with Gasteiger partial charge in [-0.05, 0) is 30.7 Å². The molecular weight excluding hydrogens is 344 g/mol. The maximum absolute atomic E-state index is 11.4. The van der Waals surface area contributed by atoms with Gasteiger partial charge in [-0.15, -0.1) is 5.10 Å². The number of carbonyl (C=O) groups excluding carboxylic acids is 1. The Bertz CT molecular complexity index is 1060. The second-order valence-electron chi connectivity index (χ2n) is 6.07. The minimum atomic E-state index is -0.260. The Hall–Kier alpha value is -3.68. The molecule has 0 aromatic carbocycles. The van der Waals surface area contributed by atoms with Gasteiger partial charge in [-0.1, -0.05) is 6.07 Å². The quantitative estimate of drug-likeness (QED) is 0.519. The Labute approximate surface area is 155 Å². The number of aromatic nitrogens is 4. The zero-order valence-electron chi connectivity index (χ0n) is 14.5. The lowest BCUT2D eigenvalue weighted by atomic mass is 10.1. The third-order valence-electron chi connectivity index (χ3n) is 4.14. The first kappa shape index (κ1) is 16.8. The SMILES string of the molecule is O=C1C=C/C(=N\c2c(NCCCn3ccnc3)nn3ccccc23)C(O)=C1. The number of pyridine rings is 1. The number of aliphatic hydroxyl groups is 1. The summed E-state index contributed by atoms with van der Waals surface area (Å²) in [6.45, 7) is 1.55. The van der Waals surface area contributed by atoms with Crippen LogP contribution in [0, 0.1) is 0 Å². The van der Waals surface area contributed by atoms with E-state index in [4.69, 9.17) is 0 Å². The highest BCUT2D eigenvalue weighted by Gasteiger charge is 2.15. The van der Waals surface area contributed by atoms with E-state index in [0.29, 0.717) is 23.8 Å². The van der Waals surface area contributed by atoms with E-state index in [0.717, 1.165) is 24.6 Å². The van der Waals surface area contributed by atoms with Crippen molar-refractivity contribution in [2.45, 2.75) is 13.0 Å². The molecule has 2 N–H and O–H groups in total. The zero-order valence-corrected chi connectivity index (χ0v) is 14.5. The Morgan fingerprint density at radius 1 is 1.22 bits per heavy atom. The number of hydrogen-bond donors (Lipinski definition) is 2. The van der Waals surface area contributed by atoms with Gasteiger partial charge in [-0.3, -0.25) is 4.79 Å². The van der Waals surface area contributed by atoms with Crippen molar-refractivity contribution >= 4 is 28.5 Å². The monoisotopic (exact) mass is 362 g/mol. The van der Waals surface area contributed by atoms with Crippen molar-refractivity contribution in [2.24, 2.45) is 4.99 Å². The van der Waals surface area contributed by atoms with E-state index in [2.05, 4.69) is 20.4 Å². The number of nitrogens with one attached hydrogen (secondary N) is 1. The lowest BCUT2D eigenvalue weighted by Crippen LogP contribution is -2.08. The molecule has 0 unspecified atom stereocenters. The number of anilines is 1. The smallest absolute Gasteiger partial charge is 0.182 e. The van der Waals surface area contributed by atoms with E-state index in [-0.39, 0.29) is 11.5 Å². The maximum Gasteiger partial charge on any atom is 0.182 e. The van der Waals surface area contributed by atoms with E-state index >= 15 is 0 Å². The van der Waals surface area contributed by atoms with Gasteiger partial charge in [0.25, 0.3) is 0 Å². The number of aliphatic imine (C=N–C) groups is 1. The van der Waals surface area contributed by atoms with Gasteiger partial charge in [0.05, 0.1) is 11.8 Å². The molecule has 0 aliphatic heterocycles. The molecule has 136 valence electrons. The van der Waals surface area contributed by atoms with E-state index in [1.165, 1.54) is 12.2 Å². The second kappa shape index (κ2) is 7.28. The number of hydrogen-bond acceptors (Lipinski definition) is 6. The number of imidazole rings is 1. The van der Waals surface area contributed by atoms with Gasteiger partial charge in [-0.2, -0.15) is 0 Å². The molecule has 3 aromatic rings. The topological polar surface area (TPSA) is 96.8 Å². The van der Waals surface area contributed by atoms with Crippen LogP contribution in [0.25, 0.3) is 5.52 Å². The first-order chi connectivity index (χ1) is 13.2. The van der Waals surface area contributed by atoms with Crippen LogP contribution in [-0.2, 0) is 11.3 Å². The molecule has 4 rings (SSSR count). The second-order valence-corrected chi connectivity index (χ2v) is 6.07. The minimum absolute atomic E-state index is 0.149. The van der Waals surface area contributed by atoms with E-state index < -0.39 is 0 Å². The number of allylic oxidation sites excluding steroid dienone is 3. The Balaban J connectivity index is 1.59. The fourth-order valence-electron chi connectivity index (χ4n) is 2.82. The van der Waals surface area contributed by atoms with Crippen LogP contribution < -0.4 is 5.32 Å². The molecule has 0 atom stereocenters. The first-order valence-electron chi connectivity index (χ1n) is 8.59. The van der Waals surface area contributed by atoms with Gasteiger partial charge >= 0.3 is 0 Å². The van der Waals surface area contributed by atoms with E-state index in [1.54, 1.807) is 17.0 Å².